The minimum absolute atomic E-state index is 0.356. The average molecular weight is 345 g/mol. The third-order valence-electron chi connectivity index (χ3n) is 2.63. The molecule has 0 saturated carbocycles. The molecule has 0 amide bonds. The molecule has 0 aromatic carbocycles. The van der Waals surface area contributed by atoms with E-state index in [1.54, 1.807) is 6.21 Å². The van der Waals surface area contributed by atoms with Gasteiger partial charge in [0.05, 0.1) is 22.5 Å². The van der Waals surface area contributed by atoms with E-state index in [0.717, 1.165) is 35.4 Å². The van der Waals surface area contributed by atoms with E-state index in [4.69, 9.17) is 4.74 Å². The van der Waals surface area contributed by atoms with Crippen LogP contribution in [-0.4, -0.2) is 27.1 Å². The Morgan fingerprint density at radius 2 is 2.26 bits per heavy atom. The second kappa shape index (κ2) is 5.81. The smallest absolute Gasteiger partial charge is 0.154 e. The van der Waals surface area contributed by atoms with E-state index < -0.39 is 11.4 Å². The van der Waals surface area contributed by atoms with Gasteiger partial charge in [-0.15, -0.1) is 0 Å². The van der Waals surface area contributed by atoms with Gasteiger partial charge in [-0.05, 0) is 55.6 Å². The zero-order valence-corrected chi connectivity index (χ0v) is 13.7. The first-order valence-corrected chi connectivity index (χ1v) is 8.06. The zero-order valence-electron chi connectivity index (χ0n) is 11.3. The van der Waals surface area contributed by atoms with Crippen LogP contribution < -0.4 is 4.74 Å². The Morgan fingerprint density at radius 3 is 2.95 bits per heavy atom. The summed E-state index contributed by atoms with van der Waals surface area (Å²) in [6.45, 7) is 6.41. The van der Waals surface area contributed by atoms with Gasteiger partial charge in [0, 0.05) is 0 Å². The highest BCUT2D eigenvalue weighted by Gasteiger charge is 2.26. The summed E-state index contributed by atoms with van der Waals surface area (Å²) in [6.07, 6.45) is 3.44. The van der Waals surface area contributed by atoms with Crippen molar-refractivity contribution in [1.82, 2.24) is 4.98 Å². The van der Waals surface area contributed by atoms with Crippen LogP contribution in [0.25, 0.3) is 0 Å². The maximum Gasteiger partial charge on any atom is 0.154 e. The highest BCUT2D eigenvalue weighted by Crippen LogP contribution is 2.32. The SMILES string of the molecule is CC(C)(C)[S@+]([O-])/N=C/c1cc(Br)c2c(n1)CCCO2. The molecule has 0 saturated heterocycles. The summed E-state index contributed by atoms with van der Waals surface area (Å²) in [4.78, 5) is 4.49. The van der Waals surface area contributed by atoms with Crippen molar-refractivity contribution in [2.45, 2.75) is 38.4 Å². The first-order chi connectivity index (χ1) is 8.88. The maximum absolute atomic E-state index is 11.9. The molecule has 6 heteroatoms. The van der Waals surface area contributed by atoms with Crippen LogP contribution >= 0.6 is 15.9 Å². The Balaban J connectivity index is 2.22. The lowest BCUT2D eigenvalue weighted by Crippen LogP contribution is -2.25. The van der Waals surface area contributed by atoms with Crippen molar-refractivity contribution in [1.29, 1.82) is 0 Å². The Bertz CT molecular complexity index is 500. The third kappa shape index (κ3) is 3.70. The fraction of sp³-hybridized carbons (Fsp3) is 0.538. The first kappa shape index (κ1) is 14.8. The van der Waals surface area contributed by atoms with Gasteiger partial charge < -0.3 is 9.29 Å². The molecule has 0 fully saturated rings. The molecule has 1 aliphatic rings. The summed E-state index contributed by atoms with van der Waals surface area (Å²) in [6, 6.07) is 1.84. The third-order valence-corrected chi connectivity index (χ3v) is 4.56. The van der Waals surface area contributed by atoms with E-state index in [0.29, 0.717) is 5.69 Å². The molecule has 2 rings (SSSR count). The number of ether oxygens (including phenoxy) is 1. The maximum atomic E-state index is 11.9. The summed E-state index contributed by atoms with van der Waals surface area (Å²) < 4.78 is 22.0. The molecular weight excluding hydrogens is 328 g/mol. The van der Waals surface area contributed by atoms with Crippen molar-refractivity contribution in [3.8, 4) is 5.75 Å². The average Bonchev–Trinajstić information content (AvgIpc) is 2.35. The Morgan fingerprint density at radius 1 is 1.53 bits per heavy atom. The zero-order chi connectivity index (χ0) is 14.0. The molecule has 1 aromatic rings. The predicted molar refractivity (Wildman–Crippen MR) is 81.2 cm³/mol. The fourth-order valence-corrected chi connectivity index (χ4v) is 2.73. The van der Waals surface area contributed by atoms with E-state index in [1.807, 2.05) is 26.8 Å². The lowest BCUT2D eigenvalue weighted by Gasteiger charge is -2.19. The molecule has 0 N–H and O–H groups in total. The summed E-state index contributed by atoms with van der Waals surface area (Å²) in [5, 5.41) is 0. The number of hydrogen-bond acceptors (Lipinski definition) is 4. The van der Waals surface area contributed by atoms with Crippen LogP contribution in [0.2, 0.25) is 0 Å². The molecule has 0 bridgehead atoms. The number of rotatable bonds is 2. The molecule has 104 valence electrons. The standard InChI is InChI=1S/C13H17BrN2O2S/c1-13(2,3)19(17)15-8-9-7-10(14)12-11(16-9)5-4-6-18-12/h7-8H,4-6H2,1-3H3/b15-8+/t19-/m0/s1. The van der Waals surface area contributed by atoms with Gasteiger partial charge in [-0.25, -0.2) is 4.98 Å². The summed E-state index contributed by atoms with van der Waals surface area (Å²) >= 11 is 2.21. The van der Waals surface area contributed by atoms with Crippen LogP contribution in [-0.2, 0) is 17.8 Å². The van der Waals surface area contributed by atoms with Crippen molar-refractivity contribution in [2.24, 2.45) is 4.40 Å². The minimum atomic E-state index is -1.26. The lowest BCUT2D eigenvalue weighted by molar-refractivity contribution is 0.283. The van der Waals surface area contributed by atoms with Crippen molar-refractivity contribution in [2.75, 3.05) is 6.61 Å². The van der Waals surface area contributed by atoms with Crippen molar-refractivity contribution in [3.63, 3.8) is 0 Å². The summed E-state index contributed by atoms with van der Waals surface area (Å²) in [5.41, 5.74) is 1.64. The number of fused-ring (bicyclic) bond motifs is 1. The second-order valence-corrected chi connectivity index (χ2v) is 8.14. The lowest BCUT2D eigenvalue weighted by atomic mass is 10.1. The topological polar surface area (TPSA) is 57.5 Å². The molecule has 4 nitrogen and oxygen atoms in total. The van der Waals surface area contributed by atoms with Gasteiger partial charge >= 0.3 is 0 Å². The highest BCUT2D eigenvalue weighted by atomic mass is 79.9. The van der Waals surface area contributed by atoms with Crippen LogP contribution in [0.1, 0.15) is 38.6 Å². The molecular formula is C13H17BrN2O2S. The van der Waals surface area contributed by atoms with Crippen molar-refractivity contribution >= 4 is 33.5 Å². The van der Waals surface area contributed by atoms with Gasteiger partial charge in [0.1, 0.15) is 22.3 Å². The van der Waals surface area contributed by atoms with E-state index in [9.17, 15) is 4.55 Å². The monoisotopic (exact) mass is 344 g/mol. The Hall–Kier alpha value is -0.590. The van der Waals surface area contributed by atoms with E-state index in [-0.39, 0.29) is 4.75 Å². The van der Waals surface area contributed by atoms with Crippen LogP contribution in [0.5, 0.6) is 5.75 Å². The number of pyridine rings is 1. The van der Waals surface area contributed by atoms with E-state index in [1.165, 1.54) is 0 Å². The highest BCUT2D eigenvalue weighted by molar-refractivity contribution is 9.10. The normalized spacial score (nSPS) is 17.1. The second-order valence-electron chi connectivity index (χ2n) is 5.35. The van der Waals surface area contributed by atoms with Crippen LogP contribution in [0.4, 0.5) is 0 Å². The molecule has 1 atom stereocenters. The quantitative estimate of drug-likeness (QED) is 0.611. The molecule has 2 heterocycles. The Kier molecular flexibility index (Phi) is 4.53. The summed E-state index contributed by atoms with van der Waals surface area (Å²) in [5.74, 6) is 0.820. The number of hydrogen-bond donors (Lipinski definition) is 0. The van der Waals surface area contributed by atoms with Crippen LogP contribution in [0.3, 0.4) is 0 Å². The van der Waals surface area contributed by atoms with Gasteiger partial charge in [-0.3, -0.25) is 0 Å². The van der Waals surface area contributed by atoms with Crippen LogP contribution in [0.15, 0.2) is 14.9 Å². The predicted octanol–water partition coefficient (Wildman–Crippen LogP) is 3.05. The van der Waals surface area contributed by atoms with Crippen molar-refractivity contribution < 1.29 is 9.29 Å². The van der Waals surface area contributed by atoms with Crippen molar-refractivity contribution in [3.05, 3.63) is 21.9 Å². The molecule has 1 aromatic heterocycles. The first-order valence-electron chi connectivity index (χ1n) is 6.16. The molecule has 1 aliphatic heterocycles. The Labute approximate surface area is 125 Å². The molecule has 19 heavy (non-hydrogen) atoms. The molecule has 0 aliphatic carbocycles. The summed E-state index contributed by atoms with van der Waals surface area (Å²) in [7, 11) is 0. The minimum Gasteiger partial charge on any atom is -0.591 e. The molecule has 0 unspecified atom stereocenters. The van der Waals surface area contributed by atoms with E-state index in [2.05, 4.69) is 25.3 Å². The fourth-order valence-electron chi connectivity index (χ4n) is 1.63. The number of aryl methyl sites for hydroxylation is 1. The molecule has 0 spiro atoms. The number of halogens is 1. The molecule has 0 radical (unpaired) electrons. The van der Waals surface area contributed by atoms with Gasteiger partial charge in [-0.2, -0.15) is 0 Å². The van der Waals surface area contributed by atoms with Gasteiger partial charge in [0.15, 0.2) is 5.75 Å². The van der Waals surface area contributed by atoms with Gasteiger partial charge in [-0.1, -0.05) is 4.40 Å². The van der Waals surface area contributed by atoms with E-state index >= 15 is 0 Å². The largest absolute Gasteiger partial charge is 0.591 e. The number of aromatic nitrogens is 1. The van der Waals surface area contributed by atoms with Crippen LogP contribution in [0, 0.1) is 0 Å². The number of nitrogens with zero attached hydrogens (tertiary/aromatic N) is 2. The van der Waals surface area contributed by atoms with Gasteiger partial charge in [0.25, 0.3) is 0 Å². The van der Waals surface area contributed by atoms with Gasteiger partial charge in [0.2, 0.25) is 0 Å².